The Morgan fingerprint density at radius 3 is 2.81 bits per heavy atom. The summed E-state index contributed by atoms with van der Waals surface area (Å²) in [6.45, 7) is 2.86. The van der Waals surface area contributed by atoms with Gasteiger partial charge in [-0.15, -0.1) is 0 Å². The summed E-state index contributed by atoms with van der Waals surface area (Å²) in [5.74, 6) is 1.50. The van der Waals surface area contributed by atoms with Gasteiger partial charge in [0.2, 0.25) is 5.91 Å². The highest BCUT2D eigenvalue weighted by Crippen LogP contribution is 2.33. The quantitative estimate of drug-likeness (QED) is 0.882. The summed E-state index contributed by atoms with van der Waals surface area (Å²) in [6.07, 6.45) is 3.35. The minimum Gasteiger partial charge on any atom is -0.484 e. The molecule has 26 heavy (non-hydrogen) atoms. The number of nitrogens with zero attached hydrogens (tertiary/aromatic N) is 1. The van der Waals surface area contributed by atoms with Gasteiger partial charge in [-0.1, -0.05) is 24.3 Å². The molecule has 1 fully saturated rings. The fourth-order valence-corrected chi connectivity index (χ4v) is 3.34. The molecule has 2 N–H and O–H groups in total. The van der Waals surface area contributed by atoms with Crippen molar-refractivity contribution < 1.29 is 14.3 Å². The summed E-state index contributed by atoms with van der Waals surface area (Å²) in [5, 5.41) is 6.33. The molecule has 3 heterocycles. The van der Waals surface area contributed by atoms with E-state index in [1.807, 2.05) is 36.4 Å². The maximum absolute atomic E-state index is 12.2. The minimum absolute atomic E-state index is 0.135. The molecule has 136 valence electrons. The number of nitrogens with one attached hydrogen (secondary N) is 2. The molecule has 0 spiro atoms. The summed E-state index contributed by atoms with van der Waals surface area (Å²) < 4.78 is 11.6. The van der Waals surface area contributed by atoms with E-state index < -0.39 is 0 Å². The maximum atomic E-state index is 12.2. The largest absolute Gasteiger partial charge is 0.484 e. The van der Waals surface area contributed by atoms with Gasteiger partial charge >= 0.3 is 0 Å². The zero-order valence-corrected chi connectivity index (χ0v) is 14.6. The molecule has 1 amide bonds. The molecule has 1 unspecified atom stereocenters. The number of benzene rings is 1. The SMILES string of the molecule is O=C(NCc1ccc(C2COc3cccnc3O2)cc1)C1CCNCC1. The predicted octanol–water partition coefficient (Wildman–Crippen LogP) is 2.21. The molecule has 6 nitrogen and oxygen atoms in total. The first-order valence-electron chi connectivity index (χ1n) is 9.11. The lowest BCUT2D eigenvalue weighted by Gasteiger charge is -2.25. The van der Waals surface area contributed by atoms with Gasteiger partial charge in [-0.25, -0.2) is 4.98 Å². The zero-order valence-electron chi connectivity index (χ0n) is 14.6. The van der Waals surface area contributed by atoms with E-state index >= 15 is 0 Å². The van der Waals surface area contributed by atoms with Gasteiger partial charge < -0.3 is 20.1 Å². The standard InChI is InChI=1S/C20H23N3O3/c24-19(16-7-10-21-11-8-16)23-12-14-3-5-15(6-4-14)18-13-25-17-2-1-9-22-20(17)26-18/h1-6,9,16,18,21H,7-8,10-13H2,(H,23,24). The van der Waals surface area contributed by atoms with Crippen LogP contribution in [-0.2, 0) is 11.3 Å². The van der Waals surface area contributed by atoms with E-state index in [1.54, 1.807) is 6.20 Å². The van der Waals surface area contributed by atoms with Crippen LogP contribution >= 0.6 is 0 Å². The molecule has 1 saturated heterocycles. The topological polar surface area (TPSA) is 72.5 Å². The summed E-state index contributed by atoms with van der Waals surface area (Å²) >= 11 is 0. The van der Waals surface area contributed by atoms with Crippen molar-refractivity contribution in [3.63, 3.8) is 0 Å². The molecule has 2 aliphatic heterocycles. The summed E-state index contributed by atoms with van der Waals surface area (Å²) in [7, 11) is 0. The Kier molecular flexibility index (Phi) is 5.02. The smallest absolute Gasteiger partial charge is 0.257 e. The van der Waals surface area contributed by atoms with Gasteiger partial charge in [0.05, 0.1) is 0 Å². The van der Waals surface area contributed by atoms with Gasteiger partial charge in [0, 0.05) is 18.7 Å². The molecule has 0 radical (unpaired) electrons. The molecule has 4 rings (SSSR count). The van der Waals surface area contributed by atoms with Crippen LogP contribution in [0.15, 0.2) is 42.6 Å². The number of carbonyl (C=O) groups excluding carboxylic acids is 1. The van der Waals surface area contributed by atoms with Crippen LogP contribution in [0.3, 0.4) is 0 Å². The van der Waals surface area contributed by atoms with E-state index in [-0.39, 0.29) is 17.9 Å². The van der Waals surface area contributed by atoms with Crippen LogP contribution in [0.1, 0.15) is 30.1 Å². The highest BCUT2D eigenvalue weighted by molar-refractivity contribution is 5.78. The third-order valence-electron chi connectivity index (χ3n) is 4.91. The summed E-state index contributed by atoms with van der Waals surface area (Å²) in [4.78, 5) is 16.4. The van der Waals surface area contributed by atoms with E-state index in [0.29, 0.717) is 24.8 Å². The van der Waals surface area contributed by atoms with Gasteiger partial charge in [0.15, 0.2) is 11.9 Å². The first-order chi connectivity index (χ1) is 12.8. The van der Waals surface area contributed by atoms with Gasteiger partial charge in [0.25, 0.3) is 5.88 Å². The number of piperidine rings is 1. The van der Waals surface area contributed by atoms with Crippen LogP contribution in [0.4, 0.5) is 0 Å². The van der Waals surface area contributed by atoms with E-state index in [9.17, 15) is 4.79 Å². The van der Waals surface area contributed by atoms with Crippen LogP contribution in [0, 0.1) is 5.92 Å². The lowest BCUT2D eigenvalue weighted by Crippen LogP contribution is -2.37. The van der Waals surface area contributed by atoms with Crippen molar-refractivity contribution in [2.45, 2.75) is 25.5 Å². The fourth-order valence-electron chi connectivity index (χ4n) is 3.34. The van der Waals surface area contributed by atoms with E-state index in [2.05, 4.69) is 15.6 Å². The molecular formula is C20H23N3O3. The summed E-state index contributed by atoms with van der Waals surface area (Å²) in [5.41, 5.74) is 2.11. The zero-order chi connectivity index (χ0) is 17.8. The van der Waals surface area contributed by atoms with E-state index in [1.165, 1.54) is 0 Å². The van der Waals surface area contributed by atoms with Crippen molar-refractivity contribution in [2.75, 3.05) is 19.7 Å². The van der Waals surface area contributed by atoms with E-state index in [4.69, 9.17) is 9.47 Å². The number of pyridine rings is 1. The van der Waals surface area contributed by atoms with Crippen molar-refractivity contribution >= 4 is 5.91 Å². The van der Waals surface area contributed by atoms with E-state index in [0.717, 1.165) is 37.1 Å². The average molecular weight is 353 g/mol. The molecule has 0 saturated carbocycles. The van der Waals surface area contributed by atoms with Gasteiger partial charge in [-0.2, -0.15) is 0 Å². The molecule has 6 heteroatoms. The Labute approximate surface area is 152 Å². The first kappa shape index (κ1) is 16.8. The van der Waals surface area contributed by atoms with Crippen molar-refractivity contribution in [3.05, 3.63) is 53.7 Å². The average Bonchev–Trinajstić information content (AvgIpc) is 2.72. The van der Waals surface area contributed by atoms with Gasteiger partial charge in [-0.05, 0) is 49.2 Å². The number of fused-ring (bicyclic) bond motifs is 1. The second-order valence-corrected chi connectivity index (χ2v) is 6.71. The second-order valence-electron chi connectivity index (χ2n) is 6.71. The Hall–Kier alpha value is -2.60. The Bertz CT molecular complexity index is 757. The lowest BCUT2D eigenvalue weighted by molar-refractivity contribution is -0.125. The highest BCUT2D eigenvalue weighted by Gasteiger charge is 2.23. The van der Waals surface area contributed by atoms with Crippen LogP contribution in [0.25, 0.3) is 0 Å². The predicted molar refractivity (Wildman–Crippen MR) is 97.0 cm³/mol. The summed E-state index contributed by atoms with van der Waals surface area (Å²) in [6, 6.07) is 11.8. The third kappa shape index (κ3) is 3.80. The maximum Gasteiger partial charge on any atom is 0.257 e. The monoisotopic (exact) mass is 353 g/mol. The molecule has 2 aliphatic rings. The first-order valence-corrected chi connectivity index (χ1v) is 9.11. The van der Waals surface area contributed by atoms with Crippen molar-refractivity contribution in [3.8, 4) is 11.6 Å². The van der Waals surface area contributed by atoms with Crippen LogP contribution in [0.5, 0.6) is 11.6 Å². The number of aromatic nitrogens is 1. The lowest BCUT2D eigenvalue weighted by atomic mass is 9.97. The molecular weight excluding hydrogens is 330 g/mol. The van der Waals surface area contributed by atoms with Gasteiger partial charge in [-0.3, -0.25) is 4.79 Å². The molecule has 1 aromatic carbocycles. The molecule has 0 bridgehead atoms. The highest BCUT2D eigenvalue weighted by atomic mass is 16.6. The fraction of sp³-hybridized carbons (Fsp3) is 0.400. The Morgan fingerprint density at radius 1 is 1.19 bits per heavy atom. The van der Waals surface area contributed by atoms with Crippen LogP contribution < -0.4 is 20.1 Å². The normalized spacial score (nSPS) is 19.8. The number of rotatable bonds is 4. The van der Waals surface area contributed by atoms with Crippen molar-refractivity contribution in [2.24, 2.45) is 5.92 Å². The minimum atomic E-state index is -0.171. The number of carbonyl (C=O) groups is 1. The second kappa shape index (κ2) is 7.74. The van der Waals surface area contributed by atoms with Crippen LogP contribution in [-0.4, -0.2) is 30.6 Å². The Balaban J connectivity index is 1.33. The van der Waals surface area contributed by atoms with Gasteiger partial charge in [0.1, 0.15) is 6.61 Å². The molecule has 1 atom stereocenters. The third-order valence-corrected chi connectivity index (χ3v) is 4.91. The van der Waals surface area contributed by atoms with Crippen molar-refractivity contribution in [1.82, 2.24) is 15.6 Å². The number of hydrogen-bond donors (Lipinski definition) is 2. The number of amides is 1. The number of hydrogen-bond acceptors (Lipinski definition) is 5. The molecule has 1 aromatic heterocycles. The Morgan fingerprint density at radius 2 is 2.00 bits per heavy atom. The van der Waals surface area contributed by atoms with Crippen LogP contribution in [0.2, 0.25) is 0 Å². The number of ether oxygens (including phenoxy) is 2. The van der Waals surface area contributed by atoms with Crippen molar-refractivity contribution in [1.29, 1.82) is 0 Å². The molecule has 2 aromatic rings. The molecule has 0 aliphatic carbocycles.